The normalized spacial score (nSPS) is 20.3. The highest BCUT2D eigenvalue weighted by atomic mass is 15.3. The van der Waals surface area contributed by atoms with Crippen molar-refractivity contribution in [3.8, 4) is 0 Å². The third-order valence-corrected chi connectivity index (χ3v) is 5.22. The van der Waals surface area contributed by atoms with Crippen LogP contribution in [0.4, 0.5) is 11.5 Å². The standard InChI is InChI=1S/C20H26N6/c21-16-8-6-15(7-9-16)18-13-26-20(24-18)17(12-19(22)25-26)23-11-10-14-4-2-1-3-5-14/h1-5,12-13,15-16,23H,6-11,21H2,(H2,22,25). The molecular weight excluding hydrogens is 324 g/mol. The van der Waals surface area contributed by atoms with Gasteiger partial charge in [0.1, 0.15) is 5.82 Å². The van der Waals surface area contributed by atoms with Crippen LogP contribution in [0.2, 0.25) is 0 Å². The van der Waals surface area contributed by atoms with Crippen LogP contribution in [0.15, 0.2) is 42.6 Å². The Morgan fingerprint density at radius 1 is 1.12 bits per heavy atom. The third-order valence-electron chi connectivity index (χ3n) is 5.22. The van der Waals surface area contributed by atoms with E-state index in [-0.39, 0.29) is 0 Å². The van der Waals surface area contributed by atoms with Crippen molar-refractivity contribution in [1.82, 2.24) is 14.6 Å². The van der Waals surface area contributed by atoms with Gasteiger partial charge < -0.3 is 16.8 Å². The molecule has 5 N–H and O–H groups in total. The first-order valence-corrected chi connectivity index (χ1v) is 9.38. The number of rotatable bonds is 5. The lowest BCUT2D eigenvalue weighted by Gasteiger charge is -2.24. The minimum atomic E-state index is 0.340. The van der Waals surface area contributed by atoms with E-state index in [2.05, 4.69) is 34.7 Å². The number of benzene rings is 1. The lowest BCUT2D eigenvalue weighted by molar-refractivity contribution is 0.391. The fraction of sp³-hybridized carbons (Fsp3) is 0.400. The van der Waals surface area contributed by atoms with E-state index < -0.39 is 0 Å². The fourth-order valence-corrected chi connectivity index (χ4v) is 3.74. The van der Waals surface area contributed by atoms with Crippen LogP contribution in [0.5, 0.6) is 0 Å². The molecule has 1 aliphatic rings. The predicted octanol–water partition coefficient (Wildman–Crippen LogP) is 2.95. The van der Waals surface area contributed by atoms with E-state index in [9.17, 15) is 0 Å². The first kappa shape index (κ1) is 16.8. The summed E-state index contributed by atoms with van der Waals surface area (Å²) in [5, 5.41) is 7.88. The number of hydrogen-bond acceptors (Lipinski definition) is 5. The van der Waals surface area contributed by atoms with Crippen LogP contribution < -0.4 is 16.8 Å². The average molecular weight is 350 g/mol. The summed E-state index contributed by atoms with van der Waals surface area (Å²) in [5.41, 5.74) is 16.2. The second-order valence-corrected chi connectivity index (χ2v) is 7.19. The summed E-state index contributed by atoms with van der Waals surface area (Å²) in [5.74, 6) is 0.962. The van der Waals surface area contributed by atoms with Gasteiger partial charge in [-0.05, 0) is 37.7 Å². The molecule has 6 nitrogen and oxygen atoms in total. The van der Waals surface area contributed by atoms with Crippen molar-refractivity contribution in [3.05, 3.63) is 53.9 Å². The van der Waals surface area contributed by atoms with Crippen molar-refractivity contribution in [2.45, 2.75) is 44.1 Å². The Bertz CT molecular complexity index is 865. The fourth-order valence-electron chi connectivity index (χ4n) is 3.74. The van der Waals surface area contributed by atoms with Gasteiger partial charge in [0, 0.05) is 24.6 Å². The van der Waals surface area contributed by atoms with Crippen LogP contribution in [0.3, 0.4) is 0 Å². The van der Waals surface area contributed by atoms with E-state index in [1.807, 2.05) is 22.8 Å². The predicted molar refractivity (Wildman–Crippen MR) is 105 cm³/mol. The van der Waals surface area contributed by atoms with Crippen LogP contribution in [0.1, 0.15) is 42.9 Å². The molecule has 2 aromatic heterocycles. The molecule has 0 spiro atoms. The Hall–Kier alpha value is -2.60. The van der Waals surface area contributed by atoms with Gasteiger partial charge in [-0.25, -0.2) is 9.50 Å². The van der Waals surface area contributed by atoms with Gasteiger partial charge in [-0.3, -0.25) is 0 Å². The highest BCUT2D eigenvalue weighted by Crippen LogP contribution is 2.32. The number of imidazole rings is 1. The first-order valence-electron chi connectivity index (χ1n) is 9.38. The molecule has 2 heterocycles. The van der Waals surface area contributed by atoms with E-state index in [4.69, 9.17) is 16.5 Å². The molecule has 1 saturated carbocycles. The molecule has 0 saturated heterocycles. The zero-order valence-electron chi connectivity index (χ0n) is 14.9. The van der Waals surface area contributed by atoms with Crippen molar-refractivity contribution >= 4 is 17.2 Å². The largest absolute Gasteiger partial charge is 0.382 e. The molecule has 0 atom stereocenters. The van der Waals surface area contributed by atoms with Crippen molar-refractivity contribution in [2.75, 3.05) is 17.6 Å². The first-order chi connectivity index (χ1) is 12.7. The van der Waals surface area contributed by atoms with Crippen molar-refractivity contribution in [3.63, 3.8) is 0 Å². The molecule has 3 aromatic rings. The molecule has 0 unspecified atom stereocenters. The maximum atomic E-state index is 6.03. The number of aromatic nitrogens is 3. The summed E-state index contributed by atoms with van der Waals surface area (Å²) < 4.78 is 1.81. The van der Waals surface area contributed by atoms with Gasteiger partial charge in [0.05, 0.1) is 17.6 Å². The maximum absolute atomic E-state index is 6.03. The summed E-state index contributed by atoms with van der Waals surface area (Å²) in [4.78, 5) is 4.87. The number of anilines is 2. The minimum absolute atomic E-state index is 0.340. The molecule has 26 heavy (non-hydrogen) atoms. The second-order valence-electron chi connectivity index (χ2n) is 7.19. The second kappa shape index (κ2) is 7.33. The van der Waals surface area contributed by atoms with Gasteiger partial charge in [-0.1, -0.05) is 30.3 Å². The van der Waals surface area contributed by atoms with Gasteiger partial charge in [0.15, 0.2) is 5.65 Å². The average Bonchev–Trinajstić information content (AvgIpc) is 3.07. The summed E-state index contributed by atoms with van der Waals surface area (Å²) >= 11 is 0. The lowest BCUT2D eigenvalue weighted by atomic mass is 9.85. The third kappa shape index (κ3) is 3.65. The molecule has 0 amide bonds. The topological polar surface area (TPSA) is 94.3 Å². The molecule has 0 bridgehead atoms. The molecule has 4 rings (SSSR count). The van der Waals surface area contributed by atoms with Crippen molar-refractivity contribution in [2.24, 2.45) is 5.73 Å². The summed E-state index contributed by atoms with van der Waals surface area (Å²) in [6.07, 6.45) is 7.29. The van der Waals surface area contributed by atoms with Gasteiger partial charge in [-0.2, -0.15) is 0 Å². The van der Waals surface area contributed by atoms with Crippen LogP contribution >= 0.6 is 0 Å². The summed E-state index contributed by atoms with van der Waals surface area (Å²) in [6.45, 7) is 0.823. The quantitative estimate of drug-likeness (QED) is 0.658. The molecular formula is C20H26N6. The zero-order chi connectivity index (χ0) is 17.9. The Balaban J connectivity index is 1.52. The van der Waals surface area contributed by atoms with E-state index in [0.717, 1.165) is 55.7 Å². The Kier molecular flexibility index (Phi) is 4.75. The summed E-state index contributed by atoms with van der Waals surface area (Å²) in [6, 6.07) is 12.7. The molecule has 0 radical (unpaired) electrons. The molecule has 6 heteroatoms. The number of fused-ring (bicyclic) bond motifs is 1. The van der Waals surface area contributed by atoms with Gasteiger partial charge in [0.2, 0.25) is 0 Å². The van der Waals surface area contributed by atoms with Crippen molar-refractivity contribution < 1.29 is 0 Å². The minimum Gasteiger partial charge on any atom is -0.382 e. The van der Waals surface area contributed by atoms with Crippen LogP contribution in [0.25, 0.3) is 5.65 Å². The highest BCUT2D eigenvalue weighted by Gasteiger charge is 2.23. The van der Waals surface area contributed by atoms with E-state index >= 15 is 0 Å². The highest BCUT2D eigenvalue weighted by molar-refractivity contribution is 5.70. The molecule has 1 aromatic carbocycles. The van der Waals surface area contributed by atoms with Crippen LogP contribution in [-0.2, 0) is 6.42 Å². The number of nitrogens with one attached hydrogen (secondary N) is 1. The molecule has 0 aliphatic heterocycles. The SMILES string of the molecule is Nc1cc(NCCc2ccccc2)c2nc(C3CCC(N)CC3)cn2n1. The van der Waals surface area contributed by atoms with Crippen LogP contribution in [0, 0.1) is 0 Å². The van der Waals surface area contributed by atoms with Gasteiger partial charge in [-0.15, -0.1) is 5.10 Å². The molecule has 1 fully saturated rings. The zero-order valence-corrected chi connectivity index (χ0v) is 14.9. The van der Waals surface area contributed by atoms with Gasteiger partial charge >= 0.3 is 0 Å². The Morgan fingerprint density at radius 3 is 2.65 bits per heavy atom. The van der Waals surface area contributed by atoms with E-state index in [1.54, 1.807) is 0 Å². The molecule has 1 aliphatic carbocycles. The summed E-state index contributed by atoms with van der Waals surface area (Å²) in [7, 11) is 0. The van der Waals surface area contributed by atoms with E-state index in [1.165, 1.54) is 5.56 Å². The number of nitrogen functional groups attached to an aromatic ring is 1. The monoisotopic (exact) mass is 350 g/mol. The molecule has 136 valence electrons. The number of hydrogen-bond donors (Lipinski definition) is 3. The Morgan fingerprint density at radius 2 is 1.88 bits per heavy atom. The van der Waals surface area contributed by atoms with Crippen molar-refractivity contribution in [1.29, 1.82) is 0 Å². The van der Waals surface area contributed by atoms with E-state index in [0.29, 0.717) is 17.8 Å². The lowest BCUT2D eigenvalue weighted by Crippen LogP contribution is -2.25. The maximum Gasteiger partial charge on any atom is 0.177 e. The van der Waals surface area contributed by atoms with Gasteiger partial charge in [0.25, 0.3) is 0 Å². The van der Waals surface area contributed by atoms with Crippen LogP contribution in [-0.4, -0.2) is 27.2 Å². The smallest absolute Gasteiger partial charge is 0.177 e. The Labute approximate surface area is 153 Å². The number of nitrogens with zero attached hydrogens (tertiary/aromatic N) is 3. The number of nitrogens with two attached hydrogens (primary N) is 2.